The monoisotopic (exact) mass is 373 g/mol. The highest BCUT2D eigenvalue weighted by atomic mass is 32.1. The summed E-state index contributed by atoms with van der Waals surface area (Å²) >= 11 is 1.42. The van der Waals surface area contributed by atoms with E-state index in [-0.39, 0.29) is 17.6 Å². The van der Waals surface area contributed by atoms with Crippen LogP contribution in [0.15, 0.2) is 28.8 Å². The Morgan fingerprint density at radius 1 is 1.31 bits per heavy atom. The van der Waals surface area contributed by atoms with Gasteiger partial charge >= 0.3 is 0 Å². The quantitative estimate of drug-likeness (QED) is 0.669. The molecule has 0 bridgehead atoms. The summed E-state index contributed by atoms with van der Waals surface area (Å²) in [5.74, 6) is -0.0167. The van der Waals surface area contributed by atoms with Gasteiger partial charge in [0.2, 0.25) is 0 Å². The number of amides is 1. The van der Waals surface area contributed by atoms with E-state index in [4.69, 9.17) is 4.52 Å². The van der Waals surface area contributed by atoms with Gasteiger partial charge in [0.1, 0.15) is 17.1 Å². The van der Waals surface area contributed by atoms with Crippen LogP contribution in [-0.4, -0.2) is 16.0 Å². The Morgan fingerprint density at radius 3 is 2.62 bits per heavy atom. The van der Waals surface area contributed by atoms with Gasteiger partial charge in [0.15, 0.2) is 5.13 Å². The van der Waals surface area contributed by atoms with E-state index >= 15 is 0 Å². The van der Waals surface area contributed by atoms with Crippen LogP contribution in [0.4, 0.5) is 9.52 Å². The topological polar surface area (TPSA) is 68.0 Å². The summed E-state index contributed by atoms with van der Waals surface area (Å²) in [6, 6.07) is 6.19. The van der Waals surface area contributed by atoms with Crippen molar-refractivity contribution in [2.75, 3.05) is 5.32 Å². The zero-order valence-corrected chi connectivity index (χ0v) is 15.9. The molecule has 0 radical (unpaired) electrons. The Morgan fingerprint density at radius 2 is 2.00 bits per heavy atom. The van der Waals surface area contributed by atoms with Crippen LogP contribution >= 0.6 is 11.3 Å². The molecule has 0 fully saturated rings. The van der Waals surface area contributed by atoms with Gasteiger partial charge in [-0.3, -0.25) is 10.1 Å². The summed E-state index contributed by atoms with van der Waals surface area (Å²) in [5, 5.41) is 7.34. The number of carbonyl (C=O) groups is 1. The van der Waals surface area contributed by atoms with Crippen LogP contribution in [0.3, 0.4) is 0 Å². The number of nitrogens with zero attached hydrogens (tertiary/aromatic N) is 2. The molecule has 26 heavy (non-hydrogen) atoms. The Kier molecular flexibility index (Phi) is 5.18. The van der Waals surface area contributed by atoms with Gasteiger partial charge in [-0.1, -0.05) is 25.9 Å². The molecule has 3 rings (SSSR count). The molecule has 0 aliphatic heterocycles. The Bertz CT molecular complexity index is 929. The summed E-state index contributed by atoms with van der Waals surface area (Å²) in [7, 11) is 0. The van der Waals surface area contributed by atoms with Gasteiger partial charge in [0.25, 0.3) is 5.91 Å². The van der Waals surface area contributed by atoms with Gasteiger partial charge < -0.3 is 4.52 Å². The van der Waals surface area contributed by atoms with E-state index in [0.29, 0.717) is 22.1 Å². The third-order valence-electron chi connectivity index (χ3n) is 4.02. The molecule has 0 unspecified atom stereocenters. The van der Waals surface area contributed by atoms with Crippen LogP contribution in [0.1, 0.15) is 53.4 Å². The molecule has 0 spiro atoms. The number of nitrogens with one attached hydrogen (secondary N) is 1. The van der Waals surface area contributed by atoms with E-state index in [1.807, 2.05) is 20.8 Å². The Labute approximate surface area is 155 Å². The lowest BCUT2D eigenvalue weighted by atomic mass is 10.0. The molecule has 0 saturated heterocycles. The van der Waals surface area contributed by atoms with Gasteiger partial charge in [-0.25, -0.2) is 9.37 Å². The third-order valence-corrected chi connectivity index (χ3v) is 5.13. The largest absolute Gasteiger partial charge is 0.361 e. The molecule has 136 valence electrons. The van der Waals surface area contributed by atoms with E-state index in [1.165, 1.54) is 23.5 Å². The van der Waals surface area contributed by atoms with Gasteiger partial charge in [0.05, 0.1) is 11.4 Å². The Balaban J connectivity index is 1.90. The number of thiazole rings is 1. The molecule has 1 aromatic carbocycles. The van der Waals surface area contributed by atoms with Crippen molar-refractivity contribution >= 4 is 22.4 Å². The lowest BCUT2D eigenvalue weighted by Crippen LogP contribution is -2.14. The summed E-state index contributed by atoms with van der Waals surface area (Å²) < 4.78 is 18.4. The first-order valence-corrected chi connectivity index (χ1v) is 9.25. The zero-order valence-electron chi connectivity index (χ0n) is 15.1. The van der Waals surface area contributed by atoms with Crippen molar-refractivity contribution in [2.45, 2.75) is 40.0 Å². The minimum Gasteiger partial charge on any atom is -0.361 e. The average Bonchev–Trinajstić information content (AvgIpc) is 3.19. The maximum Gasteiger partial charge on any atom is 0.262 e. The Hall–Kier alpha value is -2.54. The van der Waals surface area contributed by atoms with Crippen LogP contribution < -0.4 is 5.32 Å². The highest BCUT2D eigenvalue weighted by Gasteiger charge is 2.23. The minimum absolute atomic E-state index is 0.0745. The predicted octanol–water partition coefficient (Wildman–Crippen LogP) is 5.18. The number of rotatable bonds is 5. The second-order valence-corrected chi connectivity index (χ2v) is 7.34. The molecular weight excluding hydrogens is 353 g/mol. The predicted molar refractivity (Wildman–Crippen MR) is 100 cm³/mol. The van der Waals surface area contributed by atoms with Crippen LogP contribution in [-0.2, 0) is 6.42 Å². The van der Waals surface area contributed by atoms with Crippen molar-refractivity contribution in [1.29, 1.82) is 0 Å². The number of halogens is 1. The maximum absolute atomic E-state index is 13.2. The molecule has 1 amide bonds. The fourth-order valence-electron chi connectivity index (χ4n) is 2.70. The molecule has 0 saturated carbocycles. The maximum atomic E-state index is 13.2. The molecular formula is C19H20FN3O2S. The van der Waals surface area contributed by atoms with E-state index in [9.17, 15) is 9.18 Å². The molecule has 5 nitrogen and oxygen atoms in total. The molecule has 2 heterocycles. The van der Waals surface area contributed by atoms with E-state index in [1.54, 1.807) is 19.1 Å². The highest BCUT2D eigenvalue weighted by molar-refractivity contribution is 7.16. The second-order valence-electron chi connectivity index (χ2n) is 6.26. The van der Waals surface area contributed by atoms with Crippen molar-refractivity contribution in [3.8, 4) is 11.3 Å². The minimum atomic E-state index is -0.292. The lowest BCUT2D eigenvalue weighted by molar-refractivity contribution is 0.102. The fraction of sp³-hybridized carbons (Fsp3) is 0.316. The summed E-state index contributed by atoms with van der Waals surface area (Å²) in [5.41, 5.74) is 2.67. The van der Waals surface area contributed by atoms with Gasteiger partial charge in [-0.15, -0.1) is 11.3 Å². The van der Waals surface area contributed by atoms with Crippen molar-refractivity contribution in [3.05, 3.63) is 52.0 Å². The van der Waals surface area contributed by atoms with Crippen LogP contribution in [0.25, 0.3) is 11.3 Å². The number of hydrogen-bond acceptors (Lipinski definition) is 5. The van der Waals surface area contributed by atoms with Crippen molar-refractivity contribution in [2.24, 2.45) is 0 Å². The standard InChI is InChI=1S/C19H20FN3O2S/c1-5-14-17(12-6-8-13(20)9-7-12)21-19(26-14)22-18(24)15-11(4)25-23-16(15)10(2)3/h6-10H,5H2,1-4H3,(H,21,22,24). The molecule has 7 heteroatoms. The number of anilines is 1. The number of aromatic nitrogens is 2. The second kappa shape index (κ2) is 7.37. The van der Waals surface area contributed by atoms with Gasteiger partial charge in [0, 0.05) is 10.4 Å². The van der Waals surface area contributed by atoms with Crippen molar-refractivity contribution in [3.63, 3.8) is 0 Å². The first-order valence-electron chi connectivity index (χ1n) is 8.43. The number of benzene rings is 1. The van der Waals surface area contributed by atoms with E-state index < -0.39 is 0 Å². The molecule has 1 N–H and O–H groups in total. The summed E-state index contributed by atoms with van der Waals surface area (Å²) in [6.07, 6.45) is 0.768. The van der Waals surface area contributed by atoms with Crippen LogP contribution in [0.2, 0.25) is 0 Å². The third kappa shape index (κ3) is 3.53. The average molecular weight is 373 g/mol. The number of aryl methyl sites for hydroxylation is 2. The number of hydrogen-bond donors (Lipinski definition) is 1. The summed E-state index contributed by atoms with van der Waals surface area (Å²) in [4.78, 5) is 18.3. The van der Waals surface area contributed by atoms with Crippen molar-refractivity contribution in [1.82, 2.24) is 10.1 Å². The normalized spacial score (nSPS) is 11.2. The fourth-order valence-corrected chi connectivity index (χ4v) is 3.62. The van der Waals surface area contributed by atoms with Crippen molar-refractivity contribution < 1.29 is 13.7 Å². The first kappa shape index (κ1) is 18.3. The number of carbonyl (C=O) groups excluding carboxylic acids is 1. The molecule has 0 aliphatic carbocycles. The lowest BCUT2D eigenvalue weighted by Gasteiger charge is -2.04. The van der Waals surface area contributed by atoms with E-state index in [0.717, 1.165) is 22.6 Å². The SMILES string of the molecule is CCc1sc(NC(=O)c2c(C(C)C)noc2C)nc1-c1ccc(F)cc1. The highest BCUT2D eigenvalue weighted by Crippen LogP contribution is 2.32. The molecule has 2 aromatic heterocycles. The van der Waals surface area contributed by atoms with Crippen LogP contribution in [0.5, 0.6) is 0 Å². The van der Waals surface area contributed by atoms with E-state index in [2.05, 4.69) is 15.5 Å². The van der Waals surface area contributed by atoms with Gasteiger partial charge in [-0.2, -0.15) is 0 Å². The van der Waals surface area contributed by atoms with Gasteiger partial charge in [-0.05, 0) is 43.5 Å². The smallest absolute Gasteiger partial charge is 0.262 e. The first-order chi connectivity index (χ1) is 12.4. The molecule has 3 aromatic rings. The van der Waals surface area contributed by atoms with Crippen LogP contribution in [0, 0.1) is 12.7 Å². The zero-order chi connectivity index (χ0) is 18.8. The molecule has 0 aliphatic rings. The molecule has 0 atom stereocenters. The summed E-state index contributed by atoms with van der Waals surface area (Å²) in [6.45, 7) is 7.66.